The van der Waals surface area contributed by atoms with E-state index in [4.69, 9.17) is 0 Å². The summed E-state index contributed by atoms with van der Waals surface area (Å²) in [5.41, 5.74) is 0. The second-order valence-corrected chi connectivity index (χ2v) is 9.71. The molecular weight excluding hydrogens is 364 g/mol. The fourth-order valence-corrected chi connectivity index (χ4v) is 4.74. The number of nitrogens with zero attached hydrogens (tertiary/aromatic N) is 1. The number of nitrogens with one attached hydrogen (secondary N) is 1. The molecule has 1 aromatic rings. The molecule has 0 spiro atoms. The van der Waals surface area contributed by atoms with E-state index in [1.165, 1.54) is 128 Å². The molecule has 2 nitrogen and oxygen atoms in total. The number of H-pyrrole nitrogens is 1. The quantitative estimate of drug-likeness (QED) is 0.151. The summed E-state index contributed by atoms with van der Waals surface area (Å²) < 4.78 is 2.47. The van der Waals surface area contributed by atoms with Crippen LogP contribution in [0.15, 0.2) is 12.4 Å². The number of aromatic nitrogens is 2. The van der Waals surface area contributed by atoms with Crippen LogP contribution >= 0.6 is 0 Å². The average molecular weight is 420 g/mol. The van der Waals surface area contributed by atoms with Crippen LogP contribution in [0.2, 0.25) is 0 Å². The van der Waals surface area contributed by atoms with E-state index >= 15 is 0 Å². The third-order valence-electron chi connectivity index (χ3n) is 7.10. The van der Waals surface area contributed by atoms with Crippen molar-refractivity contribution in [2.45, 2.75) is 162 Å². The number of unbranched alkanes of at least 4 members (excludes halogenated alkanes) is 15. The van der Waals surface area contributed by atoms with Crippen molar-refractivity contribution in [2.24, 2.45) is 0 Å². The Kier molecular flexibility index (Phi) is 17.2. The molecule has 2 heteroatoms. The smallest absolute Gasteiger partial charge is 0.247 e. The molecule has 0 aromatic carbocycles. The molecule has 1 N–H and O–H groups in total. The minimum atomic E-state index is 0.603. The lowest BCUT2D eigenvalue weighted by molar-refractivity contribution is -0.726. The zero-order chi connectivity index (χ0) is 21.9. The van der Waals surface area contributed by atoms with Crippen molar-refractivity contribution in [1.82, 2.24) is 4.98 Å². The van der Waals surface area contributed by atoms with E-state index in [0.717, 1.165) is 0 Å². The maximum Gasteiger partial charge on any atom is 0.257 e. The van der Waals surface area contributed by atoms with Crippen LogP contribution < -0.4 is 4.57 Å². The first-order valence-electron chi connectivity index (χ1n) is 13.8. The highest BCUT2D eigenvalue weighted by Gasteiger charge is 2.23. The van der Waals surface area contributed by atoms with E-state index in [-0.39, 0.29) is 0 Å². The monoisotopic (exact) mass is 419 g/mol. The number of imidazole rings is 1. The number of aromatic amines is 1. The van der Waals surface area contributed by atoms with Crippen molar-refractivity contribution in [3.8, 4) is 0 Å². The Morgan fingerprint density at radius 3 is 1.57 bits per heavy atom. The minimum absolute atomic E-state index is 0.603. The predicted molar refractivity (Wildman–Crippen MR) is 133 cm³/mol. The van der Waals surface area contributed by atoms with Gasteiger partial charge in [0.2, 0.25) is 0 Å². The van der Waals surface area contributed by atoms with Crippen molar-refractivity contribution in [1.29, 1.82) is 0 Å². The third-order valence-corrected chi connectivity index (χ3v) is 7.10. The largest absolute Gasteiger partial charge is 0.257 e. The lowest BCUT2D eigenvalue weighted by atomic mass is 9.96. The van der Waals surface area contributed by atoms with Crippen LogP contribution in [0.4, 0.5) is 0 Å². The molecule has 2 atom stereocenters. The lowest BCUT2D eigenvalue weighted by Crippen LogP contribution is -2.40. The van der Waals surface area contributed by atoms with Crippen LogP contribution in [-0.4, -0.2) is 4.98 Å². The Balaban J connectivity index is 1.95. The summed E-state index contributed by atoms with van der Waals surface area (Å²) in [6.45, 7) is 9.26. The van der Waals surface area contributed by atoms with Gasteiger partial charge in [-0.2, -0.15) is 0 Å². The van der Waals surface area contributed by atoms with Gasteiger partial charge >= 0.3 is 0 Å². The molecular formula is C28H55N2+. The summed E-state index contributed by atoms with van der Waals surface area (Å²) in [6, 6.07) is 0.603. The van der Waals surface area contributed by atoms with Crippen LogP contribution in [0.1, 0.15) is 167 Å². The maximum absolute atomic E-state index is 3.54. The molecule has 0 amide bonds. The zero-order valence-electron chi connectivity index (χ0n) is 21.2. The molecule has 0 saturated carbocycles. The maximum atomic E-state index is 3.54. The molecule has 1 heterocycles. The number of hydrogen-bond acceptors (Lipinski definition) is 0. The van der Waals surface area contributed by atoms with Gasteiger partial charge in [0.05, 0.1) is 12.0 Å². The summed E-state index contributed by atoms with van der Waals surface area (Å²) in [7, 11) is 0. The highest BCUT2D eigenvalue weighted by molar-refractivity contribution is 4.89. The first kappa shape index (κ1) is 27.2. The number of rotatable bonds is 21. The van der Waals surface area contributed by atoms with Gasteiger partial charge in [-0.15, -0.1) is 0 Å². The molecule has 0 radical (unpaired) electrons. The SMILES string of the molecule is CCCCCCCCCCCCCCCCCCC(CC)c1[nH]cc[n+]1C(C)CC. The molecule has 2 unspecified atom stereocenters. The first-order chi connectivity index (χ1) is 14.7. The Labute approximate surface area is 189 Å². The van der Waals surface area contributed by atoms with Gasteiger partial charge in [-0.25, -0.2) is 9.55 Å². The molecule has 0 aliphatic rings. The summed E-state index contributed by atoms with van der Waals surface area (Å²) >= 11 is 0. The molecule has 0 saturated heterocycles. The van der Waals surface area contributed by atoms with E-state index < -0.39 is 0 Å². The van der Waals surface area contributed by atoms with Crippen LogP contribution in [0.25, 0.3) is 0 Å². The van der Waals surface area contributed by atoms with Crippen LogP contribution in [0.3, 0.4) is 0 Å². The van der Waals surface area contributed by atoms with Crippen molar-refractivity contribution in [3.05, 3.63) is 18.2 Å². The zero-order valence-corrected chi connectivity index (χ0v) is 21.2. The molecule has 1 rings (SSSR count). The molecule has 176 valence electrons. The second kappa shape index (κ2) is 18.9. The predicted octanol–water partition coefficient (Wildman–Crippen LogP) is 9.42. The van der Waals surface area contributed by atoms with Gasteiger partial charge in [-0.1, -0.05) is 124 Å². The van der Waals surface area contributed by atoms with E-state index in [1.807, 2.05) is 0 Å². The van der Waals surface area contributed by atoms with Crippen LogP contribution in [0, 0.1) is 0 Å². The van der Waals surface area contributed by atoms with E-state index in [2.05, 4.69) is 49.6 Å². The number of hydrogen-bond donors (Lipinski definition) is 1. The summed E-state index contributed by atoms with van der Waals surface area (Å²) in [5.74, 6) is 2.15. The summed E-state index contributed by atoms with van der Waals surface area (Å²) in [5, 5.41) is 0. The molecule has 0 aliphatic heterocycles. The van der Waals surface area contributed by atoms with Crippen molar-refractivity contribution < 1.29 is 4.57 Å². The second-order valence-electron chi connectivity index (χ2n) is 9.71. The van der Waals surface area contributed by atoms with Gasteiger partial charge in [-0.3, -0.25) is 0 Å². The van der Waals surface area contributed by atoms with Crippen LogP contribution in [0.5, 0.6) is 0 Å². The minimum Gasteiger partial charge on any atom is -0.247 e. The van der Waals surface area contributed by atoms with Gasteiger partial charge in [-0.05, 0) is 26.2 Å². The van der Waals surface area contributed by atoms with E-state index in [1.54, 1.807) is 0 Å². The van der Waals surface area contributed by atoms with Crippen LogP contribution in [-0.2, 0) is 0 Å². The Hall–Kier alpha value is -0.790. The third kappa shape index (κ3) is 12.2. The summed E-state index contributed by atoms with van der Waals surface area (Å²) in [4.78, 5) is 3.54. The molecule has 0 aliphatic carbocycles. The lowest BCUT2D eigenvalue weighted by Gasteiger charge is -2.14. The van der Waals surface area contributed by atoms with Gasteiger partial charge in [0.1, 0.15) is 12.4 Å². The standard InChI is InChI=1S/C28H54N2/c1-5-8-9-10-11-12-13-14-15-16-17-18-19-20-21-22-23-27(7-3)28-29-24-25-30(28)26(4)6-2/h24-27H,5-23H2,1-4H3/p+1. The van der Waals surface area contributed by atoms with E-state index in [0.29, 0.717) is 12.0 Å². The van der Waals surface area contributed by atoms with Gasteiger partial charge < -0.3 is 0 Å². The highest BCUT2D eigenvalue weighted by Crippen LogP contribution is 2.24. The van der Waals surface area contributed by atoms with Crippen molar-refractivity contribution in [2.75, 3.05) is 0 Å². The fraction of sp³-hybridized carbons (Fsp3) is 0.893. The Morgan fingerprint density at radius 2 is 1.13 bits per heavy atom. The highest BCUT2D eigenvalue weighted by atomic mass is 15.1. The Morgan fingerprint density at radius 1 is 0.667 bits per heavy atom. The summed E-state index contributed by atoms with van der Waals surface area (Å²) in [6.07, 6.45) is 31.3. The molecule has 0 bridgehead atoms. The van der Waals surface area contributed by atoms with E-state index in [9.17, 15) is 0 Å². The average Bonchev–Trinajstić information content (AvgIpc) is 3.25. The molecule has 0 fully saturated rings. The van der Waals surface area contributed by atoms with Gasteiger partial charge in [0.25, 0.3) is 5.82 Å². The first-order valence-corrected chi connectivity index (χ1v) is 13.8. The van der Waals surface area contributed by atoms with Gasteiger partial charge in [0.15, 0.2) is 0 Å². The molecule has 30 heavy (non-hydrogen) atoms. The Bertz CT molecular complexity index is 479. The van der Waals surface area contributed by atoms with Crippen molar-refractivity contribution >= 4 is 0 Å². The van der Waals surface area contributed by atoms with Gasteiger partial charge in [0, 0.05) is 0 Å². The topological polar surface area (TPSA) is 19.7 Å². The van der Waals surface area contributed by atoms with Crippen molar-refractivity contribution in [3.63, 3.8) is 0 Å². The molecule has 1 aromatic heterocycles. The fourth-order valence-electron chi connectivity index (χ4n) is 4.74. The normalized spacial score (nSPS) is 13.6.